The van der Waals surface area contributed by atoms with E-state index in [-0.39, 0.29) is 44.6 Å². The van der Waals surface area contributed by atoms with Gasteiger partial charge in [-0.2, -0.15) is 0 Å². The van der Waals surface area contributed by atoms with Crippen molar-refractivity contribution in [1.82, 2.24) is 35.0 Å². The van der Waals surface area contributed by atoms with Crippen LogP contribution in [-0.4, -0.2) is 118 Å². The van der Waals surface area contributed by atoms with E-state index in [1.165, 1.54) is 0 Å². The summed E-state index contributed by atoms with van der Waals surface area (Å²) in [7, 11) is 0. The van der Waals surface area contributed by atoms with Crippen molar-refractivity contribution in [3.05, 3.63) is 69.4 Å². The summed E-state index contributed by atoms with van der Waals surface area (Å²) in [6.45, 7) is 26.4. The predicted octanol–water partition coefficient (Wildman–Crippen LogP) is 5.28. The van der Waals surface area contributed by atoms with Crippen molar-refractivity contribution in [3.63, 3.8) is 0 Å². The fourth-order valence-electron chi connectivity index (χ4n) is 7.48. The first-order valence-corrected chi connectivity index (χ1v) is 26.1. The van der Waals surface area contributed by atoms with Gasteiger partial charge in [0.1, 0.15) is 29.0 Å². The van der Waals surface area contributed by atoms with Crippen LogP contribution in [0.5, 0.6) is 0 Å². The molecule has 0 fully saturated rings. The number of urea groups is 1. The highest BCUT2D eigenvalue weighted by atomic mass is 16.6. The van der Waals surface area contributed by atoms with Crippen LogP contribution in [0.15, 0.2) is 52.3 Å². The molecule has 1 heterocycles. The molecule has 21 nitrogen and oxygen atoms in total. The summed E-state index contributed by atoms with van der Waals surface area (Å²) in [4.78, 5) is 113. The zero-order valence-corrected chi connectivity index (χ0v) is 45.8. The Morgan fingerprint density at radius 3 is 1.11 bits per heavy atom. The number of hydrogen-bond donors (Lipinski definition) is 4. The molecule has 0 radical (unpaired) electrons. The molecule has 74 heavy (non-hydrogen) atoms. The summed E-state index contributed by atoms with van der Waals surface area (Å²) in [6.07, 6.45) is 13.1. The lowest BCUT2D eigenvalue weighted by Gasteiger charge is -2.27. The molecule has 420 valence electrons. The molecule has 0 aromatic carbocycles. The lowest BCUT2D eigenvalue weighted by molar-refractivity contribution is -0.153. The minimum Gasteiger partial charge on any atom is -0.461 e. The van der Waals surface area contributed by atoms with Gasteiger partial charge in [-0.05, 0) is 120 Å². The molecule has 0 atom stereocenters. The van der Waals surface area contributed by atoms with Gasteiger partial charge in [-0.15, -0.1) is 0 Å². The molecule has 0 spiro atoms. The van der Waals surface area contributed by atoms with E-state index in [4.69, 9.17) is 23.7 Å². The number of carbonyl (C=O) groups excluding carboxylic acids is 6. The molecule has 1 aromatic heterocycles. The molecule has 4 amide bonds. The van der Waals surface area contributed by atoms with Crippen LogP contribution >= 0.6 is 0 Å². The van der Waals surface area contributed by atoms with Gasteiger partial charge in [-0.25, -0.2) is 47.3 Å². The zero-order valence-electron chi connectivity index (χ0n) is 45.8. The van der Waals surface area contributed by atoms with E-state index < -0.39 is 63.4 Å². The number of nitrogens with one attached hydrogen (secondary N) is 4. The van der Waals surface area contributed by atoms with E-state index in [1.54, 1.807) is 55.4 Å². The molecule has 0 aliphatic heterocycles. The second kappa shape index (κ2) is 34.6. The molecule has 1 rings (SSSR count). The highest BCUT2D eigenvalue weighted by Crippen LogP contribution is 2.20. The van der Waals surface area contributed by atoms with Gasteiger partial charge in [0.05, 0.1) is 6.54 Å². The van der Waals surface area contributed by atoms with E-state index in [1.807, 2.05) is 0 Å². The quantitative estimate of drug-likeness (QED) is 0.0282. The largest absolute Gasteiger partial charge is 0.461 e. The van der Waals surface area contributed by atoms with E-state index in [0.29, 0.717) is 136 Å². The third-order valence-electron chi connectivity index (χ3n) is 11.9. The van der Waals surface area contributed by atoms with Crippen molar-refractivity contribution < 1.29 is 52.5 Å². The number of unbranched alkanes of at least 4 members (excludes halogenated alkanes) is 9. The predicted molar refractivity (Wildman–Crippen MR) is 282 cm³/mol. The molecule has 0 unspecified atom stereocenters. The summed E-state index contributed by atoms with van der Waals surface area (Å²) in [5.41, 5.74) is -5.53. The number of carbonyl (C=O) groups is 6. The minimum absolute atomic E-state index is 0.0183. The average molecular weight is 1050 g/mol. The van der Waals surface area contributed by atoms with Gasteiger partial charge in [0, 0.05) is 70.7 Å². The van der Waals surface area contributed by atoms with E-state index in [9.17, 15) is 43.2 Å². The smallest absolute Gasteiger partial charge is 0.336 e. The van der Waals surface area contributed by atoms with Gasteiger partial charge < -0.3 is 45.0 Å². The van der Waals surface area contributed by atoms with E-state index in [2.05, 4.69) is 41.0 Å². The van der Waals surface area contributed by atoms with Gasteiger partial charge in [0.25, 0.3) is 11.8 Å². The maximum atomic E-state index is 13.7. The van der Waals surface area contributed by atoms with Crippen LogP contribution in [0, 0.1) is 0 Å². The van der Waals surface area contributed by atoms with Crippen LogP contribution in [-0.2, 0) is 67.3 Å². The van der Waals surface area contributed by atoms with Crippen molar-refractivity contribution in [2.24, 2.45) is 0 Å². The van der Waals surface area contributed by atoms with Crippen LogP contribution in [0.25, 0.3) is 0 Å². The lowest BCUT2D eigenvalue weighted by atomic mass is 10.0. The third-order valence-corrected chi connectivity index (χ3v) is 11.9. The summed E-state index contributed by atoms with van der Waals surface area (Å²) in [5.74, 6) is -2.10. The highest BCUT2D eigenvalue weighted by molar-refractivity contribution is 5.85. The van der Waals surface area contributed by atoms with Gasteiger partial charge in [0.2, 0.25) is 0 Å². The molecule has 21 heteroatoms. The molecule has 0 bridgehead atoms. The number of esters is 3. The van der Waals surface area contributed by atoms with Crippen molar-refractivity contribution in [2.75, 3.05) is 46.0 Å². The summed E-state index contributed by atoms with van der Waals surface area (Å²) < 4.78 is 30.6. The number of ether oxygens (including phenoxy) is 5. The summed E-state index contributed by atoms with van der Waals surface area (Å²) >= 11 is 0. The Bertz CT molecular complexity index is 2040. The van der Waals surface area contributed by atoms with Crippen molar-refractivity contribution in [2.45, 2.75) is 200 Å². The van der Waals surface area contributed by atoms with Gasteiger partial charge >= 0.3 is 41.0 Å². The number of nitrogens with zero attached hydrogens (tertiary/aromatic N) is 3. The first-order valence-electron chi connectivity index (χ1n) is 26.1. The Hall–Kier alpha value is -5.83. The SMILES string of the molecule is C=CC(=O)OCCNC(=O)NCCCCCCn1c(=O)n(CCCCCCNC(=O)C(C)(C)OCCCC(C)(C)OC(=O)C=C)c(=O)n(CCCCCCNC(=O)C(C)(C)OCCCC(C)(C)OC(=O)C=C)c1=O. The highest BCUT2D eigenvalue weighted by Gasteiger charge is 2.30. The zero-order chi connectivity index (χ0) is 55.8. The number of amides is 4. The molecule has 1 aromatic rings. The third kappa shape index (κ3) is 27.5. The standard InChI is InChI=1S/C53H89N7O14/c1-12-41(61)70-40-34-57-46(66)56-33-23-17-20-26-37-60-48(68)58(35-24-18-15-21-31-54-44(64)52(8,9)71-38-27-29-50(4,5)73-42(62)13-2)47(67)59(49(60)69)36-25-19-16-22-32-55-45(65)53(10,11)72-39-28-30-51(6,7)74-43(63)14-3/h12-14H,1-3,15-40H2,4-11H3,(H,54,64)(H,55,65)(H2,56,57,66). The lowest BCUT2D eigenvalue weighted by Crippen LogP contribution is -2.54. The maximum Gasteiger partial charge on any atom is 0.336 e. The Morgan fingerprint density at radius 1 is 0.432 bits per heavy atom. The van der Waals surface area contributed by atoms with Gasteiger partial charge in [-0.1, -0.05) is 58.3 Å². The van der Waals surface area contributed by atoms with Crippen LogP contribution in [0.2, 0.25) is 0 Å². The summed E-state index contributed by atoms with van der Waals surface area (Å²) in [6, 6.07) is -0.400. The fraction of sp³-hybridized carbons (Fsp3) is 0.717. The van der Waals surface area contributed by atoms with Crippen LogP contribution in [0.3, 0.4) is 0 Å². The second-order valence-electron chi connectivity index (χ2n) is 20.3. The van der Waals surface area contributed by atoms with Crippen LogP contribution < -0.4 is 38.3 Å². The first kappa shape index (κ1) is 66.2. The molecular formula is C53H89N7O14. The topological polar surface area (TPSA) is 263 Å². The normalized spacial score (nSPS) is 11.8. The van der Waals surface area contributed by atoms with Crippen molar-refractivity contribution >= 4 is 35.8 Å². The fourth-order valence-corrected chi connectivity index (χ4v) is 7.48. The number of rotatable bonds is 41. The van der Waals surface area contributed by atoms with Gasteiger partial charge in [0.15, 0.2) is 0 Å². The number of hydrogen-bond acceptors (Lipinski definition) is 14. The molecule has 0 aliphatic rings. The minimum atomic E-state index is -1.08. The second-order valence-corrected chi connectivity index (χ2v) is 20.3. The molecule has 4 N–H and O–H groups in total. The van der Waals surface area contributed by atoms with Crippen molar-refractivity contribution in [3.8, 4) is 0 Å². The Kier molecular flexibility index (Phi) is 31.0. The van der Waals surface area contributed by atoms with Crippen LogP contribution in [0.4, 0.5) is 4.79 Å². The van der Waals surface area contributed by atoms with E-state index in [0.717, 1.165) is 31.9 Å². The van der Waals surface area contributed by atoms with E-state index >= 15 is 0 Å². The maximum absolute atomic E-state index is 13.7. The Morgan fingerprint density at radius 2 is 0.757 bits per heavy atom. The van der Waals surface area contributed by atoms with Gasteiger partial charge in [-0.3, -0.25) is 9.59 Å². The average Bonchev–Trinajstić information content (AvgIpc) is 3.34. The molecule has 0 saturated heterocycles. The molecular weight excluding hydrogens is 959 g/mol. The monoisotopic (exact) mass is 1050 g/mol. The first-order chi connectivity index (χ1) is 34.8. The molecule has 0 saturated carbocycles. The molecule has 0 aliphatic carbocycles. The van der Waals surface area contributed by atoms with Crippen LogP contribution in [0.1, 0.15) is 158 Å². The van der Waals surface area contributed by atoms with Crippen molar-refractivity contribution in [1.29, 1.82) is 0 Å². The number of aromatic nitrogens is 3. The summed E-state index contributed by atoms with van der Waals surface area (Å²) in [5, 5.41) is 11.2. The Balaban J connectivity index is 2.79. The Labute approximate surface area is 437 Å².